The molecule has 6 heteroatoms. The van der Waals surface area contributed by atoms with Crippen molar-refractivity contribution in [1.29, 1.82) is 0 Å². The SMILES string of the molecule is CCOC(c1noc(C2(O)CCCNC2)n1)C(C)C. The first-order chi connectivity index (χ1) is 9.07. The first kappa shape index (κ1) is 14.4. The Labute approximate surface area is 113 Å². The van der Waals surface area contributed by atoms with Gasteiger partial charge in [0.25, 0.3) is 5.89 Å². The summed E-state index contributed by atoms with van der Waals surface area (Å²) in [6, 6.07) is 0. The van der Waals surface area contributed by atoms with E-state index in [2.05, 4.69) is 15.5 Å². The molecule has 6 nitrogen and oxygen atoms in total. The van der Waals surface area contributed by atoms with Crippen LogP contribution in [0.3, 0.4) is 0 Å². The number of aliphatic hydroxyl groups is 1. The Morgan fingerprint density at radius 1 is 1.53 bits per heavy atom. The van der Waals surface area contributed by atoms with E-state index in [4.69, 9.17) is 9.26 Å². The standard InChI is InChI=1S/C13H23N3O3/c1-4-18-10(9(2)3)11-15-12(19-16-11)13(17)6-5-7-14-8-13/h9-10,14,17H,4-8H2,1-3H3. The number of ether oxygens (including phenoxy) is 1. The average molecular weight is 269 g/mol. The lowest BCUT2D eigenvalue weighted by Crippen LogP contribution is -2.43. The van der Waals surface area contributed by atoms with Crippen molar-refractivity contribution < 1.29 is 14.4 Å². The molecular formula is C13H23N3O3. The Kier molecular flexibility index (Phi) is 4.54. The molecular weight excluding hydrogens is 246 g/mol. The minimum atomic E-state index is -1.04. The highest BCUT2D eigenvalue weighted by molar-refractivity contribution is 5.03. The number of rotatable bonds is 5. The largest absolute Gasteiger partial charge is 0.379 e. The predicted octanol–water partition coefficient (Wildman–Crippen LogP) is 1.37. The van der Waals surface area contributed by atoms with E-state index < -0.39 is 5.60 Å². The Morgan fingerprint density at radius 3 is 2.89 bits per heavy atom. The Hall–Kier alpha value is -0.980. The van der Waals surface area contributed by atoms with Crippen molar-refractivity contribution in [2.24, 2.45) is 5.92 Å². The van der Waals surface area contributed by atoms with Gasteiger partial charge in [0.15, 0.2) is 5.60 Å². The minimum absolute atomic E-state index is 0.192. The molecule has 2 heterocycles. The van der Waals surface area contributed by atoms with Crippen LogP contribution in [0.5, 0.6) is 0 Å². The molecule has 0 aromatic carbocycles. The molecule has 2 unspecified atom stereocenters. The van der Waals surface area contributed by atoms with Gasteiger partial charge in [-0.3, -0.25) is 0 Å². The lowest BCUT2D eigenvalue weighted by Gasteiger charge is -2.28. The molecule has 1 saturated heterocycles. The highest BCUT2D eigenvalue weighted by atomic mass is 16.5. The summed E-state index contributed by atoms with van der Waals surface area (Å²) < 4.78 is 10.9. The summed E-state index contributed by atoms with van der Waals surface area (Å²) in [5, 5.41) is 17.6. The third-order valence-electron chi connectivity index (χ3n) is 3.41. The maximum Gasteiger partial charge on any atom is 0.260 e. The molecule has 2 N–H and O–H groups in total. The van der Waals surface area contributed by atoms with Gasteiger partial charge < -0.3 is 19.7 Å². The number of β-amino-alcohol motifs (C(OH)–C–C–N with tert-alkyl or cyclic N) is 1. The summed E-state index contributed by atoms with van der Waals surface area (Å²) in [5.74, 6) is 1.07. The molecule has 2 rings (SSSR count). The van der Waals surface area contributed by atoms with E-state index >= 15 is 0 Å². The van der Waals surface area contributed by atoms with E-state index in [1.807, 2.05) is 20.8 Å². The Morgan fingerprint density at radius 2 is 2.32 bits per heavy atom. The fraction of sp³-hybridized carbons (Fsp3) is 0.846. The molecule has 1 aliphatic rings. The normalized spacial score (nSPS) is 25.7. The Balaban J connectivity index is 2.17. The molecule has 1 aromatic rings. The molecule has 0 bridgehead atoms. The van der Waals surface area contributed by atoms with Crippen LogP contribution in [0.25, 0.3) is 0 Å². The van der Waals surface area contributed by atoms with E-state index in [9.17, 15) is 5.11 Å². The molecule has 0 radical (unpaired) electrons. The van der Waals surface area contributed by atoms with Crippen LogP contribution in [0, 0.1) is 5.92 Å². The van der Waals surface area contributed by atoms with Crippen LogP contribution < -0.4 is 5.32 Å². The van der Waals surface area contributed by atoms with Gasteiger partial charge in [-0.05, 0) is 32.2 Å². The molecule has 1 aromatic heterocycles. The molecule has 1 aliphatic heterocycles. The van der Waals surface area contributed by atoms with Gasteiger partial charge in [-0.25, -0.2) is 0 Å². The number of aromatic nitrogens is 2. The number of nitrogens with one attached hydrogen (secondary N) is 1. The van der Waals surface area contributed by atoms with Crippen LogP contribution in [0.2, 0.25) is 0 Å². The van der Waals surface area contributed by atoms with Gasteiger partial charge in [0.1, 0.15) is 6.10 Å². The van der Waals surface area contributed by atoms with Crippen LogP contribution in [0.4, 0.5) is 0 Å². The van der Waals surface area contributed by atoms with Crippen molar-refractivity contribution in [2.75, 3.05) is 19.7 Å². The molecule has 2 atom stereocenters. The third kappa shape index (κ3) is 3.13. The van der Waals surface area contributed by atoms with Gasteiger partial charge in [0.2, 0.25) is 5.82 Å². The van der Waals surface area contributed by atoms with Crippen LogP contribution in [-0.4, -0.2) is 34.9 Å². The van der Waals surface area contributed by atoms with E-state index in [0.29, 0.717) is 31.3 Å². The average Bonchev–Trinajstić information content (AvgIpc) is 2.86. The molecule has 0 spiro atoms. The first-order valence-corrected chi connectivity index (χ1v) is 6.95. The van der Waals surface area contributed by atoms with Gasteiger partial charge in [-0.1, -0.05) is 19.0 Å². The summed E-state index contributed by atoms with van der Waals surface area (Å²) in [4.78, 5) is 4.35. The highest BCUT2D eigenvalue weighted by Gasteiger charge is 2.38. The smallest absolute Gasteiger partial charge is 0.260 e. The van der Waals surface area contributed by atoms with Crippen molar-refractivity contribution in [3.8, 4) is 0 Å². The van der Waals surface area contributed by atoms with E-state index in [-0.39, 0.29) is 12.0 Å². The van der Waals surface area contributed by atoms with Gasteiger partial charge in [0.05, 0.1) is 0 Å². The zero-order valence-corrected chi connectivity index (χ0v) is 11.8. The van der Waals surface area contributed by atoms with Crippen molar-refractivity contribution >= 4 is 0 Å². The van der Waals surface area contributed by atoms with E-state index in [1.54, 1.807) is 0 Å². The van der Waals surface area contributed by atoms with Gasteiger partial charge >= 0.3 is 0 Å². The van der Waals surface area contributed by atoms with Crippen molar-refractivity contribution in [3.63, 3.8) is 0 Å². The zero-order valence-electron chi connectivity index (χ0n) is 11.8. The van der Waals surface area contributed by atoms with Crippen LogP contribution in [0.1, 0.15) is 51.4 Å². The minimum Gasteiger partial charge on any atom is -0.379 e. The van der Waals surface area contributed by atoms with Crippen molar-refractivity contribution in [2.45, 2.75) is 45.3 Å². The summed E-state index contributed by atoms with van der Waals surface area (Å²) >= 11 is 0. The summed E-state index contributed by atoms with van der Waals surface area (Å²) in [7, 11) is 0. The monoisotopic (exact) mass is 269 g/mol. The summed E-state index contributed by atoms with van der Waals surface area (Å²) in [6.45, 7) is 8.00. The lowest BCUT2D eigenvalue weighted by molar-refractivity contribution is -0.0167. The van der Waals surface area contributed by atoms with Gasteiger partial charge in [-0.2, -0.15) is 4.98 Å². The molecule has 108 valence electrons. The predicted molar refractivity (Wildman–Crippen MR) is 69.5 cm³/mol. The van der Waals surface area contributed by atoms with Crippen LogP contribution in [0.15, 0.2) is 4.52 Å². The van der Waals surface area contributed by atoms with Gasteiger partial charge in [0, 0.05) is 13.2 Å². The number of hydrogen-bond acceptors (Lipinski definition) is 6. The molecule has 0 aliphatic carbocycles. The maximum absolute atomic E-state index is 10.5. The van der Waals surface area contributed by atoms with Crippen molar-refractivity contribution in [3.05, 3.63) is 11.7 Å². The van der Waals surface area contributed by atoms with Crippen LogP contribution >= 0.6 is 0 Å². The second-order valence-corrected chi connectivity index (χ2v) is 5.39. The second-order valence-electron chi connectivity index (χ2n) is 5.39. The number of nitrogens with zero attached hydrogens (tertiary/aromatic N) is 2. The van der Waals surface area contributed by atoms with E-state index in [1.165, 1.54) is 0 Å². The topological polar surface area (TPSA) is 80.4 Å². The fourth-order valence-corrected chi connectivity index (χ4v) is 2.36. The maximum atomic E-state index is 10.5. The summed E-state index contributed by atoms with van der Waals surface area (Å²) in [6.07, 6.45) is 1.35. The first-order valence-electron chi connectivity index (χ1n) is 6.95. The zero-order chi connectivity index (χ0) is 13.9. The lowest BCUT2D eigenvalue weighted by atomic mass is 9.94. The van der Waals surface area contributed by atoms with E-state index in [0.717, 1.165) is 13.0 Å². The molecule has 19 heavy (non-hydrogen) atoms. The summed E-state index contributed by atoms with van der Waals surface area (Å²) in [5.41, 5.74) is -1.04. The Bertz CT molecular complexity index is 400. The second kappa shape index (κ2) is 5.98. The van der Waals surface area contributed by atoms with Crippen LogP contribution in [-0.2, 0) is 10.3 Å². The number of hydrogen-bond donors (Lipinski definition) is 2. The number of piperidine rings is 1. The molecule has 0 saturated carbocycles. The fourth-order valence-electron chi connectivity index (χ4n) is 2.36. The van der Waals surface area contributed by atoms with Gasteiger partial charge in [-0.15, -0.1) is 0 Å². The third-order valence-corrected chi connectivity index (χ3v) is 3.41. The van der Waals surface area contributed by atoms with Crippen molar-refractivity contribution in [1.82, 2.24) is 15.5 Å². The highest BCUT2D eigenvalue weighted by Crippen LogP contribution is 2.29. The molecule has 1 fully saturated rings. The molecule has 0 amide bonds. The quantitative estimate of drug-likeness (QED) is 0.840.